The maximum atomic E-state index is 5.93. The quantitative estimate of drug-likeness (QED) is 0.760. The number of hydrogen-bond donors (Lipinski definition) is 1. The van der Waals surface area contributed by atoms with Crippen LogP contribution in [-0.4, -0.2) is 0 Å². The Morgan fingerprint density at radius 1 is 1.00 bits per heavy atom. The number of nitrogen functional groups attached to an aromatic ring is 1. The normalized spacial score (nSPS) is 41.3. The van der Waals surface area contributed by atoms with E-state index in [1.54, 1.807) is 5.56 Å². The average molecular weight is 306 g/mol. The Hall–Kier alpha value is -0.500. The van der Waals surface area contributed by atoms with E-state index in [0.717, 1.165) is 27.9 Å². The van der Waals surface area contributed by atoms with Crippen molar-refractivity contribution in [3.05, 3.63) is 28.2 Å². The summed E-state index contributed by atoms with van der Waals surface area (Å²) < 4.78 is 1.08. The van der Waals surface area contributed by atoms with Crippen molar-refractivity contribution in [3.8, 4) is 0 Å². The molecule has 1 aromatic rings. The second-order valence-electron chi connectivity index (χ2n) is 6.93. The third-order valence-corrected chi connectivity index (χ3v) is 6.34. The summed E-state index contributed by atoms with van der Waals surface area (Å²) in [4.78, 5) is 0. The lowest BCUT2D eigenvalue weighted by molar-refractivity contribution is -0.00520. The van der Waals surface area contributed by atoms with Gasteiger partial charge in [0.1, 0.15) is 0 Å². The van der Waals surface area contributed by atoms with E-state index in [9.17, 15) is 0 Å². The van der Waals surface area contributed by atoms with Crippen LogP contribution in [0.5, 0.6) is 0 Å². The fraction of sp³-hybridized carbons (Fsp3) is 0.625. The first kappa shape index (κ1) is 11.3. The number of halogens is 1. The lowest BCUT2D eigenvalue weighted by Crippen LogP contribution is -2.48. The Morgan fingerprint density at radius 3 is 2.06 bits per heavy atom. The summed E-state index contributed by atoms with van der Waals surface area (Å²) in [6, 6.07) is 6.66. The second-order valence-corrected chi connectivity index (χ2v) is 7.79. The van der Waals surface area contributed by atoms with Gasteiger partial charge in [0.2, 0.25) is 0 Å². The van der Waals surface area contributed by atoms with E-state index in [-0.39, 0.29) is 0 Å². The molecule has 0 heterocycles. The smallest absolute Gasteiger partial charge is 0.0458 e. The molecule has 0 radical (unpaired) electrons. The van der Waals surface area contributed by atoms with Gasteiger partial charge in [0.15, 0.2) is 0 Å². The zero-order valence-electron chi connectivity index (χ0n) is 10.7. The summed E-state index contributed by atoms with van der Waals surface area (Å²) in [5.74, 6) is 3.02. The van der Waals surface area contributed by atoms with Crippen LogP contribution in [-0.2, 0) is 5.41 Å². The second kappa shape index (κ2) is 3.75. The van der Waals surface area contributed by atoms with E-state index in [1.807, 2.05) is 0 Å². The van der Waals surface area contributed by atoms with Gasteiger partial charge in [-0.3, -0.25) is 0 Å². The molecule has 4 aliphatic carbocycles. The Morgan fingerprint density at radius 2 is 1.56 bits per heavy atom. The average Bonchev–Trinajstić information content (AvgIpc) is 2.31. The fourth-order valence-corrected chi connectivity index (χ4v) is 5.70. The number of rotatable bonds is 1. The summed E-state index contributed by atoms with van der Waals surface area (Å²) in [5.41, 5.74) is 8.83. The summed E-state index contributed by atoms with van der Waals surface area (Å²) >= 11 is 3.60. The van der Waals surface area contributed by atoms with Crippen LogP contribution in [0.15, 0.2) is 22.7 Å². The third-order valence-electron chi connectivity index (χ3n) is 5.65. The highest BCUT2D eigenvalue weighted by molar-refractivity contribution is 9.10. The third kappa shape index (κ3) is 1.57. The van der Waals surface area contributed by atoms with Crippen LogP contribution in [0.1, 0.15) is 44.1 Å². The fourth-order valence-electron chi connectivity index (χ4n) is 5.32. The topological polar surface area (TPSA) is 26.0 Å². The molecule has 2 heteroatoms. The molecule has 18 heavy (non-hydrogen) atoms. The van der Waals surface area contributed by atoms with Crippen molar-refractivity contribution < 1.29 is 0 Å². The molecule has 1 aromatic carbocycles. The van der Waals surface area contributed by atoms with Crippen LogP contribution in [0.25, 0.3) is 0 Å². The summed E-state index contributed by atoms with van der Waals surface area (Å²) in [7, 11) is 0. The van der Waals surface area contributed by atoms with Crippen molar-refractivity contribution in [1.29, 1.82) is 0 Å². The molecule has 4 saturated carbocycles. The maximum Gasteiger partial charge on any atom is 0.0458 e. The highest BCUT2D eigenvalue weighted by Crippen LogP contribution is 2.60. The number of benzene rings is 1. The van der Waals surface area contributed by atoms with Crippen LogP contribution in [0.4, 0.5) is 5.69 Å². The number of anilines is 1. The monoisotopic (exact) mass is 305 g/mol. The highest BCUT2D eigenvalue weighted by Gasteiger charge is 2.51. The molecule has 0 atom stereocenters. The molecule has 1 nitrogen and oxygen atoms in total. The maximum absolute atomic E-state index is 5.93. The summed E-state index contributed by atoms with van der Waals surface area (Å²) in [5, 5.41) is 0. The highest BCUT2D eigenvalue weighted by atomic mass is 79.9. The van der Waals surface area contributed by atoms with E-state index < -0.39 is 0 Å². The minimum atomic E-state index is 0.491. The van der Waals surface area contributed by atoms with Crippen molar-refractivity contribution in [3.63, 3.8) is 0 Å². The zero-order chi connectivity index (χ0) is 12.3. The molecule has 4 fully saturated rings. The van der Waals surface area contributed by atoms with Gasteiger partial charge in [-0.15, -0.1) is 0 Å². The van der Waals surface area contributed by atoms with Gasteiger partial charge in [0, 0.05) is 10.2 Å². The van der Waals surface area contributed by atoms with Crippen LogP contribution >= 0.6 is 15.9 Å². The zero-order valence-corrected chi connectivity index (χ0v) is 12.2. The molecule has 0 unspecified atom stereocenters. The molecule has 0 spiro atoms. The first-order valence-corrected chi connectivity index (χ1v) is 7.99. The van der Waals surface area contributed by atoms with Crippen molar-refractivity contribution in [2.75, 3.05) is 5.73 Å². The van der Waals surface area contributed by atoms with Gasteiger partial charge in [-0.1, -0.05) is 6.07 Å². The van der Waals surface area contributed by atoms with Crippen molar-refractivity contribution in [2.45, 2.75) is 43.9 Å². The largest absolute Gasteiger partial charge is 0.398 e. The molecule has 0 aliphatic heterocycles. The number of nitrogens with two attached hydrogens (primary N) is 1. The van der Waals surface area contributed by atoms with Gasteiger partial charge in [-0.2, -0.15) is 0 Å². The minimum absolute atomic E-state index is 0.491. The predicted octanol–water partition coefficient (Wildman–Crippen LogP) is 4.50. The molecule has 0 saturated heterocycles. The van der Waals surface area contributed by atoms with E-state index >= 15 is 0 Å². The van der Waals surface area contributed by atoms with Gasteiger partial charge < -0.3 is 5.73 Å². The van der Waals surface area contributed by atoms with Crippen LogP contribution in [0, 0.1) is 17.8 Å². The molecule has 0 amide bonds. The number of hydrogen-bond acceptors (Lipinski definition) is 1. The molecule has 96 valence electrons. The minimum Gasteiger partial charge on any atom is -0.398 e. The Labute approximate surface area is 117 Å². The molecular weight excluding hydrogens is 286 g/mol. The lowest BCUT2D eigenvalue weighted by atomic mass is 9.48. The van der Waals surface area contributed by atoms with Crippen molar-refractivity contribution in [1.82, 2.24) is 0 Å². The van der Waals surface area contributed by atoms with E-state index in [1.165, 1.54) is 38.5 Å². The van der Waals surface area contributed by atoms with Crippen LogP contribution in [0.2, 0.25) is 0 Å². The van der Waals surface area contributed by atoms with Gasteiger partial charge in [0.25, 0.3) is 0 Å². The molecule has 5 rings (SSSR count). The Balaban J connectivity index is 1.76. The molecule has 4 bridgehead atoms. The van der Waals surface area contributed by atoms with Gasteiger partial charge in [-0.25, -0.2) is 0 Å². The predicted molar refractivity (Wildman–Crippen MR) is 78.4 cm³/mol. The standard InChI is InChI=1S/C16H20BrN/c17-14-6-13(1-2-15(14)18)16-7-10-3-11(8-16)5-12(4-10)9-16/h1-2,6,10-12H,3-5,7-9,18H2. The van der Waals surface area contributed by atoms with Gasteiger partial charge in [-0.05, 0) is 95.3 Å². The van der Waals surface area contributed by atoms with Crippen LogP contribution < -0.4 is 5.73 Å². The molecule has 0 aromatic heterocycles. The van der Waals surface area contributed by atoms with Crippen LogP contribution in [0.3, 0.4) is 0 Å². The van der Waals surface area contributed by atoms with E-state index in [0.29, 0.717) is 5.41 Å². The first-order valence-electron chi connectivity index (χ1n) is 7.20. The van der Waals surface area contributed by atoms with Crippen molar-refractivity contribution in [2.24, 2.45) is 17.8 Å². The van der Waals surface area contributed by atoms with Gasteiger partial charge >= 0.3 is 0 Å². The Bertz CT molecular complexity index is 459. The summed E-state index contributed by atoms with van der Waals surface area (Å²) in [6.45, 7) is 0. The van der Waals surface area contributed by atoms with Crippen molar-refractivity contribution >= 4 is 21.6 Å². The first-order chi connectivity index (χ1) is 8.64. The van der Waals surface area contributed by atoms with E-state index in [2.05, 4.69) is 34.1 Å². The molecule has 2 N–H and O–H groups in total. The lowest BCUT2D eigenvalue weighted by Gasteiger charge is -2.57. The van der Waals surface area contributed by atoms with E-state index in [4.69, 9.17) is 5.73 Å². The molecule has 4 aliphatic rings. The Kier molecular flexibility index (Phi) is 2.36. The van der Waals surface area contributed by atoms with Gasteiger partial charge in [0.05, 0.1) is 0 Å². The molecular formula is C16H20BrN. The SMILES string of the molecule is Nc1ccc(C23CC4CC(CC(C4)C2)C3)cc1Br. The summed E-state index contributed by atoms with van der Waals surface area (Å²) in [6.07, 6.45) is 8.81.